The predicted octanol–water partition coefficient (Wildman–Crippen LogP) is 0.842. The van der Waals surface area contributed by atoms with E-state index in [0.717, 1.165) is 0 Å². The minimum Gasteiger partial charge on any atom is -0.286 e. The molecule has 0 fully saturated rings. The highest BCUT2D eigenvalue weighted by molar-refractivity contribution is 5.48. The summed E-state index contributed by atoms with van der Waals surface area (Å²) < 4.78 is 0. The molecule has 3 heteroatoms. The van der Waals surface area contributed by atoms with Crippen LogP contribution in [0.5, 0.6) is 0 Å². The first-order valence-electron chi connectivity index (χ1n) is 3.74. The Kier molecular flexibility index (Phi) is 3.14. The van der Waals surface area contributed by atoms with Crippen LogP contribution in [-0.2, 0) is 4.79 Å². The van der Waals surface area contributed by atoms with Gasteiger partial charge < -0.3 is 0 Å². The Morgan fingerprint density at radius 1 is 1.67 bits per heavy atom. The lowest BCUT2D eigenvalue weighted by Crippen LogP contribution is -2.38. The van der Waals surface area contributed by atoms with Crippen molar-refractivity contribution in [2.24, 2.45) is 0 Å². The standard InChI is InChI=1S/C9H11N2O/c1-2-6-11(9-12)10-7-4-3-5-8-10/h2-5,7H,1,6,8H2. The second kappa shape index (κ2) is 4.38. The van der Waals surface area contributed by atoms with Gasteiger partial charge in [-0.05, 0) is 6.08 Å². The highest BCUT2D eigenvalue weighted by Crippen LogP contribution is 2.01. The van der Waals surface area contributed by atoms with Crippen molar-refractivity contribution in [3.05, 3.63) is 37.1 Å². The molecule has 12 heavy (non-hydrogen) atoms. The Morgan fingerprint density at radius 3 is 3.00 bits per heavy atom. The van der Waals surface area contributed by atoms with Gasteiger partial charge in [-0.3, -0.25) is 9.80 Å². The largest absolute Gasteiger partial charge is 0.332 e. The van der Waals surface area contributed by atoms with Crippen molar-refractivity contribution in [2.45, 2.75) is 0 Å². The van der Waals surface area contributed by atoms with Gasteiger partial charge in [-0.15, -0.1) is 6.58 Å². The van der Waals surface area contributed by atoms with Crippen LogP contribution in [0.25, 0.3) is 0 Å². The first kappa shape index (κ1) is 8.59. The first-order chi connectivity index (χ1) is 5.88. The molecule has 0 N–H and O–H groups in total. The van der Waals surface area contributed by atoms with E-state index in [1.807, 2.05) is 30.8 Å². The number of carbonyl (C=O) groups excluding carboxylic acids is 1. The molecule has 0 aromatic rings. The van der Waals surface area contributed by atoms with Gasteiger partial charge in [0.1, 0.15) is 0 Å². The van der Waals surface area contributed by atoms with E-state index in [4.69, 9.17) is 0 Å². The summed E-state index contributed by atoms with van der Waals surface area (Å²) in [7, 11) is 0. The fraction of sp³-hybridized carbons (Fsp3) is 0.222. The average molecular weight is 163 g/mol. The number of nitrogens with zero attached hydrogens (tertiary/aromatic N) is 2. The van der Waals surface area contributed by atoms with E-state index in [1.54, 1.807) is 11.1 Å². The van der Waals surface area contributed by atoms with Crippen LogP contribution in [0.2, 0.25) is 0 Å². The van der Waals surface area contributed by atoms with Crippen LogP contribution in [0.4, 0.5) is 0 Å². The molecule has 0 bridgehead atoms. The summed E-state index contributed by atoms with van der Waals surface area (Å²) in [5.41, 5.74) is 0. The zero-order valence-corrected chi connectivity index (χ0v) is 6.81. The van der Waals surface area contributed by atoms with Gasteiger partial charge in [0.05, 0.1) is 13.1 Å². The molecule has 0 unspecified atom stereocenters. The second-order valence-corrected chi connectivity index (χ2v) is 2.35. The van der Waals surface area contributed by atoms with Crippen LogP contribution in [0.15, 0.2) is 37.1 Å². The van der Waals surface area contributed by atoms with Crippen LogP contribution in [0, 0.1) is 0 Å². The number of amides is 1. The monoisotopic (exact) mass is 163 g/mol. The van der Waals surface area contributed by atoms with Crippen molar-refractivity contribution in [3.8, 4) is 0 Å². The van der Waals surface area contributed by atoms with E-state index in [2.05, 4.69) is 6.58 Å². The fourth-order valence-electron chi connectivity index (χ4n) is 0.953. The summed E-state index contributed by atoms with van der Waals surface area (Å²) in [4.78, 5) is 10.4. The van der Waals surface area contributed by atoms with Crippen molar-refractivity contribution >= 4 is 6.41 Å². The maximum Gasteiger partial charge on any atom is 0.332 e. The Morgan fingerprint density at radius 2 is 2.50 bits per heavy atom. The molecule has 1 amide bonds. The molecule has 1 heterocycles. The normalized spacial score (nSPS) is 14.5. The third-order valence-corrected chi connectivity index (χ3v) is 1.52. The Bertz CT molecular complexity index is 219. The van der Waals surface area contributed by atoms with E-state index in [0.29, 0.717) is 13.1 Å². The number of hydrazine groups is 1. The molecule has 1 aliphatic rings. The van der Waals surface area contributed by atoms with E-state index in [-0.39, 0.29) is 0 Å². The van der Waals surface area contributed by atoms with E-state index in [9.17, 15) is 4.79 Å². The maximum absolute atomic E-state index is 10.4. The highest BCUT2D eigenvalue weighted by atomic mass is 16.1. The van der Waals surface area contributed by atoms with Crippen LogP contribution in [0.1, 0.15) is 0 Å². The molecule has 0 aromatic heterocycles. The van der Waals surface area contributed by atoms with Crippen LogP contribution in [0.3, 0.4) is 0 Å². The molecule has 0 spiro atoms. The van der Waals surface area contributed by atoms with Gasteiger partial charge in [0, 0.05) is 6.20 Å². The van der Waals surface area contributed by atoms with Gasteiger partial charge in [-0.1, -0.05) is 18.2 Å². The predicted molar refractivity (Wildman–Crippen MR) is 47.6 cm³/mol. The highest BCUT2D eigenvalue weighted by Gasteiger charge is 2.07. The lowest BCUT2D eigenvalue weighted by molar-refractivity contribution is 0.126. The fourth-order valence-corrected chi connectivity index (χ4v) is 0.953. The summed E-state index contributed by atoms with van der Waals surface area (Å²) in [5.74, 6) is 0. The van der Waals surface area contributed by atoms with Crippen molar-refractivity contribution in [3.63, 3.8) is 0 Å². The molecule has 0 saturated heterocycles. The van der Waals surface area contributed by atoms with Crippen molar-refractivity contribution in [1.29, 1.82) is 0 Å². The smallest absolute Gasteiger partial charge is 0.286 e. The van der Waals surface area contributed by atoms with Gasteiger partial charge in [-0.25, -0.2) is 5.01 Å². The third-order valence-electron chi connectivity index (χ3n) is 1.52. The molecule has 3 nitrogen and oxygen atoms in total. The summed E-state index contributed by atoms with van der Waals surface area (Å²) in [6, 6.07) is 0. The third kappa shape index (κ3) is 1.99. The van der Waals surface area contributed by atoms with E-state index >= 15 is 0 Å². The van der Waals surface area contributed by atoms with Gasteiger partial charge in [0.15, 0.2) is 0 Å². The topological polar surface area (TPSA) is 23.6 Å². The Balaban J connectivity index is 2.53. The van der Waals surface area contributed by atoms with Crippen LogP contribution in [-0.4, -0.2) is 29.5 Å². The molecule has 0 saturated carbocycles. The Labute approximate surface area is 72.2 Å². The first-order valence-corrected chi connectivity index (χ1v) is 3.74. The molecule has 1 radical (unpaired) electrons. The lowest BCUT2D eigenvalue weighted by Gasteiger charge is -2.29. The van der Waals surface area contributed by atoms with E-state index in [1.165, 1.54) is 5.01 Å². The van der Waals surface area contributed by atoms with Crippen molar-refractivity contribution < 1.29 is 4.79 Å². The number of allylic oxidation sites excluding steroid dienone is 2. The summed E-state index contributed by atoms with van der Waals surface area (Å²) in [5, 5.41) is 3.21. The molecule has 0 aliphatic carbocycles. The van der Waals surface area contributed by atoms with Crippen LogP contribution < -0.4 is 0 Å². The minimum atomic E-state index is 0.488. The van der Waals surface area contributed by atoms with Crippen molar-refractivity contribution in [2.75, 3.05) is 13.1 Å². The number of hydrogen-bond acceptors (Lipinski definition) is 2. The van der Waals surface area contributed by atoms with Gasteiger partial charge in [0.2, 0.25) is 0 Å². The minimum absolute atomic E-state index is 0.488. The quantitative estimate of drug-likeness (QED) is 0.453. The van der Waals surface area contributed by atoms with Crippen molar-refractivity contribution in [1.82, 2.24) is 10.0 Å². The van der Waals surface area contributed by atoms with Gasteiger partial charge in [0.25, 0.3) is 0 Å². The molecular weight excluding hydrogens is 152 g/mol. The lowest BCUT2D eigenvalue weighted by atomic mass is 10.4. The summed E-state index contributed by atoms with van der Waals surface area (Å²) in [6.45, 7) is 4.75. The molecule has 0 atom stereocenters. The summed E-state index contributed by atoms with van der Waals surface area (Å²) >= 11 is 0. The molecule has 1 aliphatic heterocycles. The molecular formula is C9H11N2O. The molecule has 1 rings (SSSR count). The summed E-state index contributed by atoms with van der Waals surface area (Å²) in [6.07, 6.45) is 11.1. The van der Waals surface area contributed by atoms with Crippen LogP contribution >= 0.6 is 0 Å². The molecule has 63 valence electrons. The second-order valence-electron chi connectivity index (χ2n) is 2.35. The zero-order chi connectivity index (χ0) is 8.81. The van der Waals surface area contributed by atoms with Gasteiger partial charge in [-0.2, -0.15) is 0 Å². The average Bonchev–Trinajstić information content (AvgIpc) is 2.15. The maximum atomic E-state index is 10.4. The Hall–Kier alpha value is -1.51. The van der Waals surface area contributed by atoms with E-state index < -0.39 is 0 Å². The number of rotatable bonds is 4. The SMILES string of the molecule is C=CCN([C]=O)N1C=CC=CC1. The molecule has 0 aromatic carbocycles. The zero-order valence-electron chi connectivity index (χ0n) is 6.81. The van der Waals surface area contributed by atoms with Gasteiger partial charge >= 0.3 is 6.41 Å². The number of hydrogen-bond donors (Lipinski definition) is 0.